The third-order valence-electron chi connectivity index (χ3n) is 2.00. The lowest BCUT2D eigenvalue weighted by Crippen LogP contribution is -2.10. The van der Waals surface area contributed by atoms with E-state index in [0.29, 0.717) is 11.4 Å². The number of ether oxygens (including phenoxy) is 1. The van der Waals surface area contributed by atoms with Crippen molar-refractivity contribution in [1.82, 2.24) is 4.98 Å². The van der Waals surface area contributed by atoms with Gasteiger partial charge in [0, 0.05) is 12.1 Å². The number of aliphatic imine (C=N–C) groups is 1. The number of esters is 1. The first-order valence-corrected chi connectivity index (χ1v) is 4.59. The number of nitrogens with zero attached hydrogens (tertiary/aromatic N) is 2. The predicted octanol–water partition coefficient (Wildman–Crippen LogP) is 1.00. The summed E-state index contributed by atoms with van der Waals surface area (Å²) in [6.45, 7) is 3.28. The summed E-state index contributed by atoms with van der Waals surface area (Å²) in [5.41, 5.74) is 1.14. The quantitative estimate of drug-likeness (QED) is 0.546. The van der Waals surface area contributed by atoms with Crippen LogP contribution in [-0.4, -0.2) is 23.0 Å². The second kappa shape index (κ2) is 4.06. The molecule has 80 valence electrons. The van der Waals surface area contributed by atoms with Gasteiger partial charge in [-0.25, -0.2) is 4.79 Å². The molecule has 1 aromatic heterocycles. The molecule has 0 saturated heterocycles. The van der Waals surface area contributed by atoms with E-state index in [0.717, 1.165) is 6.08 Å². The summed E-state index contributed by atoms with van der Waals surface area (Å²) >= 11 is 0. The summed E-state index contributed by atoms with van der Waals surface area (Å²) in [6.07, 6.45) is 3.91. The third-order valence-corrected chi connectivity index (χ3v) is 2.00. The van der Waals surface area contributed by atoms with Crippen LogP contribution in [0.25, 0.3) is 0 Å². The summed E-state index contributed by atoms with van der Waals surface area (Å²) in [6, 6.07) is 1.56. The van der Waals surface area contributed by atoms with Gasteiger partial charge in [0.25, 0.3) is 0 Å². The average Bonchev–Trinajstić information content (AvgIpc) is 2.29. The van der Waals surface area contributed by atoms with Gasteiger partial charge in [-0.3, -0.25) is 14.8 Å². The van der Waals surface area contributed by atoms with Crippen LogP contribution in [0.4, 0.5) is 5.69 Å². The van der Waals surface area contributed by atoms with Gasteiger partial charge >= 0.3 is 5.97 Å². The Balaban J connectivity index is 2.28. The zero-order valence-corrected chi connectivity index (χ0v) is 8.34. The van der Waals surface area contributed by atoms with E-state index in [1.165, 1.54) is 12.4 Å². The zero-order chi connectivity index (χ0) is 11.5. The van der Waals surface area contributed by atoms with Gasteiger partial charge in [0.2, 0.25) is 0 Å². The molecule has 1 aliphatic heterocycles. The number of hydrogen-bond acceptors (Lipinski definition) is 5. The van der Waals surface area contributed by atoms with E-state index in [1.54, 1.807) is 6.07 Å². The van der Waals surface area contributed by atoms with E-state index in [9.17, 15) is 9.59 Å². The first kappa shape index (κ1) is 10.2. The van der Waals surface area contributed by atoms with E-state index in [1.807, 2.05) is 0 Å². The maximum Gasteiger partial charge on any atom is 0.335 e. The minimum Gasteiger partial charge on any atom is -0.422 e. The highest BCUT2D eigenvalue weighted by Crippen LogP contribution is 2.25. The van der Waals surface area contributed by atoms with Gasteiger partial charge in [-0.1, -0.05) is 6.58 Å². The zero-order valence-electron chi connectivity index (χ0n) is 8.34. The van der Waals surface area contributed by atoms with Crippen molar-refractivity contribution in [2.45, 2.75) is 6.42 Å². The Morgan fingerprint density at radius 2 is 2.38 bits per heavy atom. The van der Waals surface area contributed by atoms with Crippen molar-refractivity contribution >= 4 is 23.7 Å². The van der Waals surface area contributed by atoms with Crippen molar-refractivity contribution in [2.75, 3.05) is 0 Å². The fourth-order valence-electron chi connectivity index (χ4n) is 1.28. The summed E-state index contributed by atoms with van der Waals surface area (Å²) < 4.78 is 4.88. The largest absolute Gasteiger partial charge is 0.422 e. The monoisotopic (exact) mass is 216 g/mol. The molecule has 0 N–H and O–H groups in total. The van der Waals surface area contributed by atoms with Crippen LogP contribution >= 0.6 is 0 Å². The normalized spacial score (nSPS) is 13.1. The molecule has 5 nitrogen and oxygen atoms in total. The van der Waals surface area contributed by atoms with Gasteiger partial charge in [0.15, 0.2) is 11.5 Å². The Morgan fingerprint density at radius 3 is 3.12 bits per heavy atom. The molecule has 0 radical (unpaired) electrons. The van der Waals surface area contributed by atoms with Gasteiger partial charge in [0.05, 0.1) is 30.2 Å². The predicted molar refractivity (Wildman–Crippen MR) is 56.9 cm³/mol. The first-order chi connectivity index (χ1) is 7.69. The molecule has 2 heterocycles. The number of Topliss-reactive ketones (excluding diaryl/α,β-unsaturated/α-hetero) is 1. The van der Waals surface area contributed by atoms with Crippen LogP contribution in [0.15, 0.2) is 29.9 Å². The summed E-state index contributed by atoms with van der Waals surface area (Å²) in [4.78, 5) is 29.9. The van der Waals surface area contributed by atoms with Crippen LogP contribution in [0.1, 0.15) is 5.69 Å². The highest BCUT2D eigenvalue weighted by atomic mass is 16.5. The molecule has 0 aromatic carbocycles. The van der Waals surface area contributed by atoms with Crippen molar-refractivity contribution in [3.8, 4) is 5.75 Å². The van der Waals surface area contributed by atoms with Crippen LogP contribution in [0.2, 0.25) is 0 Å². The van der Waals surface area contributed by atoms with E-state index in [2.05, 4.69) is 16.6 Å². The van der Waals surface area contributed by atoms with Crippen molar-refractivity contribution in [3.63, 3.8) is 0 Å². The molecule has 0 aliphatic carbocycles. The number of carbonyl (C=O) groups excluding carboxylic acids is 2. The summed E-state index contributed by atoms with van der Waals surface area (Å²) in [7, 11) is 0. The van der Waals surface area contributed by atoms with E-state index < -0.39 is 5.97 Å². The Kier molecular flexibility index (Phi) is 2.59. The molecule has 0 fully saturated rings. The lowest BCUT2D eigenvalue weighted by molar-refractivity contribution is -0.129. The average molecular weight is 216 g/mol. The number of ketones is 1. The number of hydrogen-bond donors (Lipinski definition) is 0. The maximum absolute atomic E-state index is 11.0. The smallest absolute Gasteiger partial charge is 0.335 e. The number of aromatic nitrogens is 1. The minimum absolute atomic E-state index is 0.0872. The van der Waals surface area contributed by atoms with Crippen molar-refractivity contribution < 1.29 is 14.3 Å². The Morgan fingerprint density at radius 1 is 1.56 bits per heavy atom. The number of pyridine rings is 1. The summed E-state index contributed by atoms with van der Waals surface area (Å²) in [5.74, 6) is -0.358. The van der Waals surface area contributed by atoms with Gasteiger partial charge < -0.3 is 4.74 Å². The molecular formula is C11H8N2O3. The standard InChI is InChI=1S/C11H8N2O3/c1-2-11(15)16-8-4-10-9(13-6-8)3-7(14)5-12-10/h2,4-6H,1,3H2. The number of fused-ring (bicyclic) bond motifs is 1. The van der Waals surface area contributed by atoms with Crippen LogP contribution in [0.3, 0.4) is 0 Å². The van der Waals surface area contributed by atoms with E-state index in [-0.39, 0.29) is 18.0 Å². The molecule has 1 aromatic rings. The topological polar surface area (TPSA) is 68.6 Å². The Bertz CT molecular complexity index is 506. The first-order valence-electron chi connectivity index (χ1n) is 4.59. The third kappa shape index (κ3) is 2.03. The second-order valence-corrected chi connectivity index (χ2v) is 3.16. The van der Waals surface area contributed by atoms with Crippen LogP contribution < -0.4 is 4.74 Å². The molecule has 16 heavy (non-hydrogen) atoms. The second-order valence-electron chi connectivity index (χ2n) is 3.16. The molecule has 0 bridgehead atoms. The van der Waals surface area contributed by atoms with Crippen molar-refractivity contribution in [3.05, 3.63) is 30.6 Å². The van der Waals surface area contributed by atoms with Crippen LogP contribution in [-0.2, 0) is 16.0 Å². The summed E-state index contributed by atoms with van der Waals surface area (Å²) in [5, 5.41) is 0. The Hall–Kier alpha value is -2.30. The van der Waals surface area contributed by atoms with Crippen LogP contribution in [0.5, 0.6) is 5.75 Å². The number of carbonyl (C=O) groups is 2. The molecule has 0 amide bonds. The van der Waals surface area contributed by atoms with E-state index in [4.69, 9.17) is 4.74 Å². The number of rotatable bonds is 2. The SMILES string of the molecule is C=CC(=O)Oc1cnc2c(c1)N=CC(=O)C2. The maximum atomic E-state index is 11.0. The van der Waals surface area contributed by atoms with Gasteiger partial charge in [0.1, 0.15) is 0 Å². The van der Waals surface area contributed by atoms with Gasteiger partial charge in [-0.2, -0.15) is 0 Å². The van der Waals surface area contributed by atoms with Gasteiger partial charge in [-0.15, -0.1) is 0 Å². The highest BCUT2D eigenvalue weighted by molar-refractivity contribution is 6.29. The molecule has 1 aliphatic rings. The fraction of sp³-hybridized carbons (Fsp3) is 0.0909. The van der Waals surface area contributed by atoms with Crippen molar-refractivity contribution in [1.29, 1.82) is 0 Å². The molecule has 2 rings (SSSR count). The molecule has 0 saturated carbocycles. The lowest BCUT2D eigenvalue weighted by Gasteiger charge is -2.08. The molecular weight excluding hydrogens is 208 g/mol. The highest BCUT2D eigenvalue weighted by Gasteiger charge is 2.14. The van der Waals surface area contributed by atoms with Gasteiger partial charge in [-0.05, 0) is 0 Å². The van der Waals surface area contributed by atoms with Crippen LogP contribution in [0, 0.1) is 0 Å². The van der Waals surface area contributed by atoms with E-state index >= 15 is 0 Å². The molecule has 0 spiro atoms. The minimum atomic E-state index is -0.558. The Labute approximate surface area is 91.5 Å². The molecule has 5 heteroatoms. The fourth-order valence-corrected chi connectivity index (χ4v) is 1.28. The molecule has 0 unspecified atom stereocenters. The van der Waals surface area contributed by atoms with Crippen molar-refractivity contribution in [2.24, 2.45) is 4.99 Å². The lowest BCUT2D eigenvalue weighted by atomic mass is 10.1. The molecule has 0 atom stereocenters.